The van der Waals surface area contributed by atoms with Crippen LogP contribution in [-0.4, -0.2) is 29.1 Å². The minimum absolute atomic E-state index is 0. The molecule has 0 unspecified atom stereocenters. The summed E-state index contributed by atoms with van der Waals surface area (Å²) in [7, 11) is 0. The van der Waals surface area contributed by atoms with Crippen LogP contribution in [0.2, 0.25) is 5.02 Å². The summed E-state index contributed by atoms with van der Waals surface area (Å²) in [6.07, 6.45) is 7.61. The molecular weight excluding hydrogens is 335 g/mol. The van der Waals surface area contributed by atoms with Gasteiger partial charge in [0.05, 0.1) is 47.4 Å². The van der Waals surface area contributed by atoms with Gasteiger partial charge in [-0.25, -0.2) is 4.98 Å². The Labute approximate surface area is 146 Å². The second-order valence-electron chi connectivity index (χ2n) is 5.26. The van der Waals surface area contributed by atoms with Crippen LogP contribution < -0.4 is 0 Å². The number of imidazole rings is 1. The first-order valence-electron chi connectivity index (χ1n) is 7.32. The van der Waals surface area contributed by atoms with E-state index in [9.17, 15) is 0 Å². The summed E-state index contributed by atoms with van der Waals surface area (Å²) < 4.78 is 5.96. The van der Waals surface area contributed by atoms with Gasteiger partial charge in [0, 0.05) is 24.8 Å². The maximum atomic E-state index is 6.19. The van der Waals surface area contributed by atoms with Crippen molar-refractivity contribution in [3.05, 3.63) is 41.3 Å². The van der Waals surface area contributed by atoms with Crippen molar-refractivity contribution in [2.45, 2.75) is 40.4 Å². The predicted octanol–water partition coefficient (Wildman–Crippen LogP) is 3.36. The Balaban J connectivity index is 0.00000192. The monoisotopic (exact) mass is 354 g/mol. The highest BCUT2D eigenvalue weighted by molar-refractivity contribution is 6.31. The lowest BCUT2D eigenvalue weighted by Gasteiger charge is -2.08. The first kappa shape index (κ1) is 17.6. The van der Waals surface area contributed by atoms with E-state index in [4.69, 9.17) is 11.6 Å². The van der Waals surface area contributed by atoms with E-state index in [1.165, 1.54) is 0 Å². The lowest BCUT2D eigenvalue weighted by molar-refractivity contribution is 0.523. The van der Waals surface area contributed by atoms with Crippen molar-refractivity contribution in [1.29, 1.82) is 0 Å². The predicted molar refractivity (Wildman–Crippen MR) is 93.1 cm³/mol. The summed E-state index contributed by atoms with van der Waals surface area (Å²) in [5, 5.41) is 9.53. The Bertz CT molecular complexity index is 786. The molecule has 3 heterocycles. The minimum atomic E-state index is 0. The summed E-state index contributed by atoms with van der Waals surface area (Å²) >= 11 is 6.19. The lowest BCUT2D eigenvalue weighted by atomic mass is 10.3. The van der Waals surface area contributed by atoms with E-state index < -0.39 is 0 Å². The summed E-state index contributed by atoms with van der Waals surface area (Å²) in [5.41, 5.74) is 4.01. The lowest BCUT2D eigenvalue weighted by Crippen LogP contribution is -2.10. The van der Waals surface area contributed by atoms with Crippen molar-refractivity contribution in [3.8, 4) is 11.3 Å². The van der Waals surface area contributed by atoms with Crippen molar-refractivity contribution in [2.24, 2.45) is 0 Å². The number of halogens is 2. The molecule has 3 rings (SSSR count). The maximum absolute atomic E-state index is 6.19. The number of hydrogen-bond acceptors (Lipinski definition) is 3. The van der Waals surface area contributed by atoms with Crippen LogP contribution in [0.25, 0.3) is 11.3 Å². The molecule has 6 nitrogen and oxygen atoms in total. The third-order valence-electron chi connectivity index (χ3n) is 3.81. The van der Waals surface area contributed by atoms with Gasteiger partial charge in [0.25, 0.3) is 0 Å². The zero-order valence-electron chi connectivity index (χ0n) is 13.4. The molecule has 3 aromatic heterocycles. The smallest absolute Gasteiger partial charge is 0.0951 e. The molecule has 0 N–H and O–H groups in total. The van der Waals surface area contributed by atoms with Crippen LogP contribution in [-0.2, 0) is 19.6 Å². The number of rotatable bonds is 5. The molecule has 3 aromatic rings. The summed E-state index contributed by atoms with van der Waals surface area (Å²) in [4.78, 5) is 4.26. The normalized spacial score (nSPS) is 10.8. The topological polar surface area (TPSA) is 53.5 Å². The number of hydrogen-bond donors (Lipinski definition) is 0. The van der Waals surface area contributed by atoms with Crippen LogP contribution in [0, 0.1) is 13.8 Å². The quantitative estimate of drug-likeness (QED) is 0.705. The fourth-order valence-corrected chi connectivity index (χ4v) is 2.64. The summed E-state index contributed by atoms with van der Waals surface area (Å²) in [6, 6.07) is 0. The highest BCUT2D eigenvalue weighted by Gasteiger charge is 2.11. The first-order chi connectivity index (χ1) is 10.6. The number of aryl methyl sites for hydroxylation is 4. The molecule has 124 valence electrons. The molecule has 0 radical (unpaired) electrons. The van der Waals surface area contributed by atoms with Gasteiger partial charge >= 0.3 is 0 Å². The van der Waals surface area contributed by atoms with Crippen molar-refractivity contribution < 1.29 is 0 Å². The standard InChI is InChI=1S/C15H19ClN6.ClH/c1-4-21-9-13(7-18-21)14-8-17-10-20(14)5-6-22-12(3)15(16)11(2)19-22;/h7-10H,4-6H2,1-3H3;1H. The molecule has 0 aliphatic carbocycles. The molecule has 23 heavy (non-hydrogen) atoms. The molecule has 0 saturated carbocycles. The Morgan fingerprint density at radius 2 is 1.96 bits per heavy atom. The van der Waals surface area contributed by atoms with Gasteiger partial charge in [0.1, 0.15) is 0 Å². The van der Waals surface area contributed by atoms with Gasteiger partial charge < -0.3 is 4.57 Å². The molecule has 0 aliphatic rings. The molecule has 8 heteroatoms. The van der Waals surface area contributed by atoms with Crippen molar-refractivity contribution in [1.82, 2.24) is 29.1 Å². The van der Waals surface area contributed by atoms with E-state index in [1.807, 2.05) is 48.1 Å². The SMILES string of the molecule is CCn1cc(-c2cncn2CCn2nc(C)c(Cl)c2C)cn1.Cl. The van der Waals surface area contributed by atoms with E-state index in [2.05, 4.69) is 26.7 Å². The molecule has 0 aliphatic heterocycles. The third-order valence-corrected chi connectivity index (χ3v) is 4.36. The van der Waals surface area contributed by atoms with Crippen molar-refractivity contribution in [3.63, 3.8) is 0 Å². The Morgan fingerprint density at radius 3 is 2.57 bits per heavy atom. The van der Waals surface area contributed by atoms with E-state index >= 15 is 0 Å². The third kappa shape index (κ3) is 3.43. The average molecular weight is 355 g/mol. The highest BCUT2D eigenvalue weighted by atomic mass is 35.5. The zero-order valence-corrected chi connectivity index (χ0v) is 15.0. The summed E-state index contributed by atoms with van der Waals surface area (Å²) in [6.45, 7) is 8.38. The van der Waals surface area contributed by atoms with Gasteiger partial charge in [-0.1, -0.05) is 11.6 Å². The van der Waals surface area contributed by atoms with Gasteiger partial charge in [-0.05, 0) is 20.8 Å². The Morgan fingerprint density at radius 1 is 1.17 bits per heavy atom. The molecule has 0 atom stereocenters. The fourth-order valence-electron chi connectivity index (χ4n) is 2.50. The fraction of sp³-hybridized carbons (Fsp3) is 0.400. The van der Waals surface area contributed by atoms with Gasteiger partial charge in [-0.15, -0.1) is 12.4 Å². The van der Waals surface area contributed by atoms with Crippen LogP contribution in [0.3, 0.4) is 0 Å². The molecule has 0 aromatic carbocycles. The minimum Gasteiger partial charge on any atom is -0.329 e. The average Bonchev–Trinajstić information content (AvgIpc) is 3.21. The molecule has 0 amide bonds. The Hall–Kier alpha value is -1.79. The molecule has 0 bridgehead atoms. The van der Waals surface area contributed by atoms with Crippen LogP contribution in [0.15, 0.2) is 24.9 Å². The van der Waals surface area contributed by atoms with E-state index in [1.54, 1.807) is 0 Å². The molecule has 0 fully saturated rings. The maximum Gasteiger partial charge on any atom is 0.0951 e. The van der Waals surface area contributed by atoms with Gasteiger partial charge in [0.15, 0.2) is 0 Å². The Kier molecular flexibility index (Phi) is 5.49. The molecule has 0 spiro atoms. The van der Waals surface area contributed by atoms with Crippen molar-refractivity contribution >= 4 is 24.0 Å². The van der Waals surface area contributed by atoms with Crippen LogP contribution in [0.4, 0.5) is 0 Å². The second kappa shape index (κ2) is 7.19. The van der Waals surface area contributed by atoms with Gasteiger partial charge in [0.2, 0.25) is 0 Å². The van der Waals surface area contributed by atoms with Crippen molar-refractivity contribution in [2.75, 3.05) is 0 Å². The van der Waals surface area contributed by atoms with Gasteiger partial charge in [-0.3, -0.25) is 9.36 Å². The van der Waals surface area contributed by atoms with E-state index in [0.29, 0.717) is 0 Å². The first-order valence-corrected chi connectivity index (χ1v) is 7.70. The number of nitrogens with zero attached hydrogens (tertiary/aromatic N) is 6. The van der Waals surface area contributed by atoms with Gasteiger partial charge in [-0.2, -0.15) is 10.2 Å². The highest BCUT2D eigenvalue weighted by Crippen LogP contribution is 2.20. The van der Waals surface area contributed by atoms with Crippen LogP contribution in [0.1, 0.15) is 18.3 Å². The second-order valence-corrected chi connectivity index (χ2v) is 5.64. The van der Waals surface area contributed by atoms with E-state index in [-0.39, 0.29) is 12.4 Å². The molecular formula is C15H20Cl2N6. The zero-order chi connectivity index (χ0) is 15.7. The number of aromatic nitrogens is 6. The van der Waals surface area contributed by atoms with E-state index in [0.717, 1.165) is 47.3 Å². The molecule has 0 saturated heterocycles. The van der Waals surface area contributed by atoms with Crippen LogP contribution >= 0.6 is 24.0 Å². The van der Waals surface area contributed by atoms with Crippen LogP contribution in [0.5, 0.6) is 0 Å². The summed E-state index contributed by atoms with van der Waals surface area (Å²) in [5.74, 6) is 0. The largest absolute Gasteiger partial charge is 0.329 e.